The van der Waals surface area contributed by atoms with Gasteiger partial charge < -0.3 is 9.73 Å². The number of fused-ring (bicyclic) bond motifs is 2. The lowest BCUT2D eigenvalue weighted by Gasteiger charge is -2.23. The number of amides is 3. The lowest BCUT2D eigenvalue weighted by molar-refractivity contribution is -0.131. The number of rotatable bonds is 3. The zero-order chi connectivity index (χ0) is 21.9. The van der Waals surface area contributed by atoms with Crippen LogP contribution in [0.25, 0.3) is 11.0 Å². The molecule has 31 heavy (non-hydrogen) atoms. The van der Waals surface area contributed by atoms with Crippen molar-refractivity contribution in [2.24, 2.45) is 0 Å². The first-order chi connectivity index (χ1) is 14.8. The Hall–Kier alpha value is -3.19. The van der Waals surface area contributed by atoms with Crippen LogP contribution in [-0.2, 0) is 29.7 Å². The monoisotopic (exact) mass is 440 g/mol. The summed E-state index contributed by atoms with van der Waals surface area (Å²) < 4.78 is 18.8. The number of hydrogen-bond donors (Lipinski definition) is 1. The zero-order valence-corrected chi connectivity index (χ0v) is 17.4. The summed E-state index contributed by atoms with van der Waals surface area (Å²) in [5.41, 5.74) is 1.62. The van der Waals surface area contributed by atoms with E-state index in [-0.39, 0.29) is 11.6 Å². The lowest BCUT2D eigenvalue weighted by Crippen LogP contribution is -2.41. The molecular weight excluding hydrogens is 423 g/mol. The molecule has 1 aliphatic heterocycles. The third-order valence-electron chi connectivity index (χ3n) is 6.12. The molecular formula is C23H18ClFN2O4. The fourth-order valence-corrected chi connectivity index (χ4v) is 4.87. The van der Waals surface area contributed by atoms with Crippen molar-refractivity contribution in [1.82, 2.24) is 10.2 Å². The summed E-state index contributed by atoms with van der Waals surface area (Å²) >= 11 is 6.16. The van der Waals surface area contributed by atoms with Crippen LogP contribution in [0, 0.1) is 5.82 Å². The molecule has 158 valence electrons. The molecule has 0 spiro atoms. The van der Waals surface area contributed by atoms with Gasteiger partial charge in [-0.05, 0) is 67.1 Å². The maximum Gasteiger partial charge on any atom is 0.336 e. The molecule has 0 radical (unpaired) electrons. The molecule has 8 heteroatoms. The van der Waals surface area contributed by atoms with Crippen molar-refractivity contribution < 1.29 is 18.4 Å². The van der Waals surface area contributed by atoms with E-state index in [0.29, 0.717) is 22.1 Å². The SMILES string of the molecule is CC1(c2ccc(F)cc2Cl)NC(=O)N(Cc2cc(=O)oc3cc4c(cc23)CCC4)C1=O. The first-order valence-corrected chi connectivity index (χ1v) is 10.3. The summed E-state index contributed by atoms with van der Waals surface area (Å²) in [7, 11) is 0. The average Bonchev–Trinajstić information content (AvgIpc) is 3.24. The summed E-state index contributed by atoms with van der Waals surface area (Å²) in [6, 6.07) is 8.21. The number of halogens is 2. The number of imide groups is 1. The van der Waals surface area contributed by atoms with Crippen molar-refractivity contribution in [3.8, 4) is 0 Å². The summed E-state index contributed by atoms with van der Waals surface area (Å²) in [6.07, 6.45) is 2.91. The van der Waals surface area contributed by atoms with Crippen molar-refractivity contribution >= 4 is 34.5 Å². The molecule has 3 amide bonds. The van der Waals surface area contributed by atoms with Gasteiger partial charge in [-0.3, -0.25) is 9.69 Å². The number of carbonyl (C=O) groups is 2. The maximum atomic E-state index is 13.5. The lowest BCUT2D eigenvalue weighted by atomic mass is 9.92. The summed E-state index contributed by atoms with van der Waals surface area (Å²) in [4.78, 5) is 39.2. The molecule has 1 N–H and O–H groups in total. The highest BCUT2D eigenvalue weighted by Gasteiger charge is 2.50. The minimum Gasteiger partial charge on any atom is -0.423 e. The molecule has 1 unspecified atom stereocenters. The van der Waals surface area contributed by atoms with Crippen molar-refractivity contribution in [2.45, 2.75) is 38.3 Å². The maximum absolute atomic E-state index is 13.5. The second-order valence-electron chi connectivity index (χ2n) is 8.13. The normalized spacial score (nSPS) is 20.4. The van der Waals surface area contributed by atoms with Crippen LogP contribution in [0.2, 0.25) is 5.02 Å². The van der Waals surface area contributed by atoms with Crippen LogP contribution in [-0.4, -0.2) is 16.8 Å². The van der Waals surface area contributed by atoms with Crippen LogP contribution in [0.3, 0.4) is 0 Å². The van der Waals surface area contributed by atoms with Gasteiger partial charge in [-0.25, -0.2) is 14.0 Å². The van der Waals surface area contributed by atoms with Crippen LogP contribution in [0.5, 0.6) is 0 Å². The fraction of sp³-hybridized carbons (Fsp3) is 0.261. The number of nitrogens with zero attached hydrogens (tertiary/aromatic N) is 1. The highest BCUT2D eigenvalue weighted by molar-refractivity contribution is 6.32. The quantitative estimate of drug-likeness (QED) is 0.492. The first-order valence-electron chi connectivity index (χ1n) is 9.94. The molecule has 3 aromatic rings. The summed E-state index contributed by atoms with van der Waals surface area (Å²) in [6.45, 7) is 1.43. The molecule has 1 aromatic heterocycles. The topological polar surface area (TPSA) is 79.6 Å². The molecule has 6 nitrogen and oxygen atoms in total. The van der Waals surface area contributed by atoms with Crippen LogP contribution >= 0.6 is 11.6 Å². The molecule has 2 aromatic carbocycles. The minimum absolute atomic E-state index is 0.0411. The van der Waals surface area contributed by atoms with E-state index >= 15 is 0 Å². The van der Waals surface area contributed by atoms with Gasteiger partial charge in [0, 0.05) is 22.0 Å². The van der Waals surface area contributed by atoms with E-state index < -0.39 is 28.9 Å². The Kier molecular flexibility index (Phi) is 4.41. The van der Waals surface area contributed by atoms with Gasteiger partial charge in [0.15, 0.2) is 0 Å². The predicted molar refractivity (Wildman–Crippen MR) is 112 cm³/mol. The first kappa shape index (κ1) is 19.8. The Labute approximate surface area is 181 Å². The number of carbonyl (C=O) groups excluding carboxylic acids is 2. The predicted octanol–water partition coefficient (Wildman–Crippen LogP) is 4.04. The Morgan fingerprint density at radius 1 is 1.13 bits per heavy atom. The molecule has 5 rings (SSSR count). The van der Waals surface area contributed by atoms with Crippen LogP contribution in [0.15, 0.2) is 45.6 Å². The van der Waals surface area contributed by atoms with Gasteiger partial charge in [0.05, 0.1) is 6.54 Å². The molecule has 2 aliphatic rings. The van der Waals surface area contributed by atoms with Crippen molar-refractivity contribution in [1.29, 1.82) is 0 Å². The third-order valence-corrected chi connectivity index (χ3v) is 6.43. The molecule has 1 aliphatic carbocycles. The standard InChI is InChI=1S/C23H18ClFN2O4/c1-23(17-6-5-15(25)10-18(17)24)21(29)27(22(30)26-23)11-14-9-20(28)31-19-8-13-4-2-3-12(13)7-16(14)19/h5-10H,2-4,11H2,1H3,(H,26,30). The van der Waals surface area contributed by atoms with Gasteiger partial charge in [-0.1, -0.05) is 17.7 Å². The largest absolute Gasteiger partial charge is 0.423 e. The van der Waals surface area contributed by atoms with Crippen molar-refractivity contribution in [3.63, 3.8) is 0 Å². The average molecular weight is 441 g/mol. The second-order valence-corrected chi connectivity index (χ2v) is 8.54. The fourth-order valence-electron chi connectivity index (χ4n) is 4.51. The Bertz CT molecular complexity index is 1340. The Morgan fingerprint density at radius 2 is 1.87 bits per heavy atom. The van der Waals surface area contributed by atoms with Crippen molar-refractivity contribution in [2.75, 3.05) is 0 Å². The van der Waals surface area contributed by atoms with Crippen LogP contribution < -0.4 is 10.9 Å². The van der Waals surface area contributed by atoms with E-state index in [4.69, 9.17) is 16.0 Å². The Morgan fingerprint density at radius 3 is 2.61 bits per heavy atom. The van der Waals surface area contributed by atoms with Gasteiger partial charge >= 0.3 is 11.7 Å². The van der Waals surface area contributed by atoms with Gasteiger partial charge in [0.2, 0.25) is 0 Å². The number of nitrogens with one attached hydrogen (secondary N) is 1. The molecule has 1 fully saturated rings. The number of aryl methyl sites for hydroxylation is 2. The number of hydrogen-bond acceptors (Lipinski definition) is 4. The molecule has 2 heterocycles. The highest BCUT2D eigenvalue weighted by Crippen LogP contribution is 2.35. The van der Waals surface area contributed by atoms with Gasteiger partial charge in [0.1, 0.15) is 16.9 Å². The Balaban J connectivity index is 1.55. The smallest absolute Gasteiger partial charge is 0.336 e. The van der Waals surface area contributed by atoms with Gasteiger partial charge in [0.25, 0.3) is 5.91 Å². The molecule has 1 saturated heterocycles. The van der Waals surface area contributed by atoms with Gasteiger partial charge in [-0.2, -0.15) is 0 Å². The summed E-state index contributed by atoms with van der Waals surface area (Å²) in [5.74, 6) is -1.07. The van der Waals surface area contributed by atoms with E-state index in [9.17, 15) is 18.8 Å². The second kappa shape index (κ2) is 6.92. The number of urea groups is 1. The van der Waals surface area contributed by atoms with E-state index in [1.165, 1.54) is 30.7 Å². The molecule has 0 saturated carbocycles. The van der Waals surface area contributed by atoms with E-state index in [2.05, 4.69) is 5.32 Å². The number of benzene rings is 2. The minimum atomic E-state index is -1.45. The van der Waals surface area contributed by atoms with E-state index in [1.807, 2.05) is 12.1 Å². The third kappa shape index (κ3) is 3.11. The summed E-state index contributed by atoms with van der Waals surface area (Å²) in [5, 5.41) is 3.40. The highest BCUT2D eigenvalue weighted by atomic mass is 35.5. The van der Waals surface area contributed by atoms with E-state index in [0.717, 1.165) is 35.8 Å². The molecule has 1 atom stereocenters. The zero-order valence-electron chi connectivity index (χ0n) is 16.6. The van der Waals surface area contributed by atoms with Crippen LogP contribution in [0.4, 0.5) is 9.18 Å². The molecule has 0 bridgehead atoms. The van der Waals surface area contributed by atoms with E-state index in [1.54, 1.807) is 0 Å². The van der Waals surface area contributed by atoms with Crippen molar-refractivity contribution in [3.05, 3.63) is 79.9 Å². The van der Waals surface area contributed by atoms with Gasteiger partial charge in [-0.15, -0.1) is 0 Å². The van der Waals surface area contributed by atoms with Crippen LogP contribution in [0.1, 0.15) is 35.6 Å².